The average Bonchev–Trinajstić information content (AvgIpc) is 1.64. The van der Waals surface area contributed by atoms with Gasteiger partial charge < -0.3 is 11.1 Å². The highest BCUT2D eigenvalue weighted by Crippen LogP contribution is 1.96. The van der Waals surface area contributed by atoms with Crippen molar-refractivity contribution >= 4 is 5.71 Å². The maximum Gasteiger partial charge on any atom is 0.103 e. The minimum atomic E-state index is 0.220. The Labute approximate surface area is 54.3 Å². The standard InChI is InChI=1S/C6H9N3/c1-4(8)6(3-7)5(2)9/h8H,9H2,1-2H3/b6-5-,8-4?. The highest BCUT2D eigenvalue weighted by Gasteiger charge is 1.98. The van der Waals surface area contributed by atoms with Gasteiger partial charge in [0.1, 0.15) is 6.07 Å². The third-order valence-electron chi connectivity index (χ3n) is 0.881. The largest absolute Gasteiger partial charge is 0.401 e. The van der Waals surface area contributed by atoms with Crippen LogP contribution in [0.1, 0.15) is 13.8 Å². The molecule has 3 heteroatoms. The van der Waals surface area contributed by atoms with Crippen LogP contribution in [0.3, 0.4) is 0 Å². The molecule has 0 bridgehead atoms. The van der Waals surface area contributed by atoms with E-state index in [0.717, 1.165) is 0 Å². The number of nitrogens with two attached hydrogens (primary N) is 1. The Bertz CT molecular complexity index is 191. The van der Waals surface area contributed by atoms with Crippen LogP contribution in [0.4, 0.5) is 0 Å². The maximum absolute atomic E-state index is 8.34. The van der Waals surface area contributed by atoms with Crippen LogP contribution < -0.4 is 5.73 Å². The molecule has 0 aromatic heterocycles. The molecule has 0 rings (SSSR count). The van der Waals surface area contributed by atoms with Crippen LogP contribution in [0.15, 0.2) is 11.3 Å². The smallest absolute Gasteiger partial charge is 0.103 e. The van der Waals surface area contributed by atoms with Gasteiger partial charge in [0.2, 0.25) is 0 Å². The normalized spacial score (nSPS) is 11.7. The van der Waals surface area contributed by atoms with Crippen molar-refractivity contribution < 1.29 is 0 Å². The maximum atomic E-state index is 8.34. The molecule has 0 aromatic carbocycles. The summed E-state index contributed by atoms with van der Waals surface area (Å²) in [5.41, 5.74) is 6.16. The predicted molar refractivity (Wildman–Crippen MR) is 35.9 cm³/mol. The first-order valence-electron chi connectivity index (χ1n) is 2.51. The zero-order valence-corrected chi connectivity index (χ0v) is 5.52. The molecular weight excluding hydrogens is 114 g/mol. The molecule has 0 aliphatic carbocycles. The molecule has 3 nitrogen and oxygen atoms in total. The third-order valence-corrected chi connectivity index (χ3v) is 0.881. The quantitative estimate of drug-likeness (QED) is 0.399. The van der Waals surface area contributed by atoms with Gasteiger partial charge in [-0.15, -0.1) is 0 Å². The monoisotopic (exact) mass is 123 g/mol. The number of allylic oxidation sites excluding steroid dienone is 2. The summed E-state index contributed by atoms with van der Waals surface area (Å²) in [6, 6.07) is 1.83. The van der Waals surface area contributed by atoms with Crippen molar-refractivity contribution in [3.63, 3.8) is 0 Å². The van der Waals surface area contributed by atoms with Gasteiger partial charge in [-0.3, -0.25) is 0 Å². The zero-order chi connectivity index (χ0) is 7.44. The summed E-state index contributed by atoms with van der Waals surface area (Å²) in [5.74, 6) is 0. The van der Waals surface area contributed by atoms with Gasteiger partial charge in [-0.1, -0.05) is 0 Å². The van der Waals surface area contributed by atoms with E-state index >= 15 is 0 Å². The van der Waals surface area contributed by atoms with Crippen LogP contribution in [0, 0.1) is 16.7 Å². The molecule has 0 saturated carbocycles. The molecule has 3 N–H and O–H groups in total. The number of hydrogen-bond donors (Lipinski definition) is 2. The van der Waals surface area contributed by atoms with Gasteiger partial charge in [-0.25, -0.2) is 0 Å². The summed E-state index contributed by atoms with van der Waals surface area (Å²) in [4.78, 5) is 0. The van der Waals surface area contributed by atoms with Crippen molar-refractivity contribution in [1.29, 1.82) is 10.7 Å². The molecule has 0 atom stereocenters. The molecule has 48 valence electrons. The molecule has 0 amide bonds. The minimum absolute atomic E-state index is 0.220. The fourth-order valence-corrected chi connectivity index (χ4v) is 0.468. The van der Waals surface area contributed by atoms with Crippen LogP contribution in [-0.2, 0) is 0 Å². The van der Waals surface area contributed by atoms with Crippen molar-refractivity contribution in [3.05, 3.63) is 11.3 Å². The Morgan fingerprint density at radius 3 is 2.00 bits per heavy atom. The van der Waals surface area contributed by atoms with Crippen LogP contribution >= 0.6 is 0 Å². The van der Waals surface area contributed by atoms with Gasteiger partial charge in [0.15, 0.2) is 0 Å². The van der Waals surface area contributed by atoms with Gasteiger partial charge in [-0.05, 0) is 13.8 Å². The topological polar surface area (TPSA) is 73.7 Å². The Hall–Kier alpha value is -1.30. The lowest BCUT2D eigenvalue weighted by Gasteiger charge is -1.94. The van der Waals surface area contributed by atoms with Crippen molar-refractivity contribution in [1.82, 2.24) is 0 Å². The summed E-state index contributed by atoms with van der Waals surface area (Å²) >= 11 is 0. The summed E-state index contributed by atoms with van der Waals surface area (Å²) in [6.07, 6.45) is 0. The lowest BCUT2D eigenvalue weighted by Crippen LogP contribution is -2.02. The first kappa shape index (κ1) is 7.70. The Balaban J connectivity index is 4.62. The Morgan fingerprint density at radius 2 is 2.00 bits per heavy atom. The van der Waals surface area contributed by atoms with Gasteiger partial charge in [0.05, 0.1) is 5.57 Å². The number of hydrogen-bond acceptors (Lipinski definition) is 3. The van der Waals surface area contributed by atoms with Crippen molar-refractivity contribution in [2.45, 2.75) is 13.8 Å². The average molecular weight is 123 g/mol. The zero-order valence-electron chi connectivity index (χ0n) is 5.52. The Kier molecular flexibility index (Phi) is 2.46. The van der Waals surface area contributed by atoms with E-state index in [1.54, 1.807) is 6.92 Å². The highest BCUT2D eigenvalue weighted by molar-refractivity contribution is 5.99. The fourth-order valence-electron chi connectivity index (χ4n) is 0.468. The van der Waals surface area contributed by atoms with Crippen LogP contribution in [0.5, 0.6) is 0 Å². The van der Waals surface area contributed by atoms with E-state index in [1.165, 1.54) is 6.92 Å². The number of nitriles is 1. The van der Waals surface area contributed by atoms with Crippen LogP contribution in [-0.4, -0.2) is 5.71 Å². The van der Waals surface area contributed by atoms with Gasteiger partial charge >= 0.3 is 0 Å². The van der Waals surface area contributed by atoms with E-state index in [0.29, 0.717) is 5.70 Å². The van der Waals surface area contributed by atoms with Crippen LogP contribution in [0.25, 0.3) is 0 Å². The third kappa shape index (κ3) is 1.96. The minimum Gasteiger partial charge on any atom is -0.401 e. The fraction of sp³-hybridized carbons (Fsp3) is 0.333. The van der Waals surface area contributed by atoms with Gasteiger partial charge in [0, 0.05) is 11.4 Å². The SMILES string of the molecule is CC(=N)/C(C#N)=C(/C)N. The van der Waals surface area contributed by atoms with E-state index < -0.39 is 0 Å². The summed E-state index contributed by atoms with van der Waals surface area (Å²) < 4.78 is 0. The van der Waals surface area contributed by atoms with Crippen LogP contribution in [0.2, 0.25) is 0 Å². The van der Waals surface area contributed by atoms with E-state index in [1.807, 2.05) is 6.07 Å². The van der Waals surface area contributed by atoms with Gasteiger partial charge in [-0.2, -0.15) is 5.26 Å². The lowest BCUT2D eigenvalue weighted by atomic mass is 10.1. The molecule has 0 spiro atoms. The molecule has 0 fully saturated rings. The molecule has 0 aliphatic rings. The van der Waals surface area contributed by atoms with E-state index in [4.69, 9.17) is 16.4 Å². The molecule has 0 unspecified atom stereocenters. The highest BCUT2D eigenvalue weighted by atomic mass is 14.6. The first-order valence-corrected chi connectivity index (χ1v) is 2.51. The van der Waals surface area contributed by atoms with E-state index in [9.17, 15) is 0 Å². The van der Waals surface area contributed by atoms with Crippen molar-refractivity contribution in [2.24, 2.45) is 5.73 Å². The second kappa shape index (κ2) is 2.88. The second-order valence-electron chi connectivity index (χ2n) is 1.79. The first-order chi connectivity index (χ1) is 4.09. The Morgan fingerprint density at radius 1 is 1.56 bits per heavy atom. The molecule has 0 heterocycles. The molecule has 0 saturated heterocycles. The number of nitrogens with one attached hydrogen (secondary N) is 1. The number of rotatable bonds is 1. The summed E-state index contributed by atoms with van der Waals surface area (Å²) in [7, 11) is 0. The second-order valence-corrected chi connectivity index (χ2v) is 1.79. The van der Waals surface area contributed by atoms with Crippen molar-refractivity contribution in [2.75, 3.05) is 0 Å². The van der Waals surface area contributed by atoms with E-state index in [2.05, 4.69) is 0 Å². The summed E-state index contributed by atoms with van der Waals surface area (Å²) in [5, 5.41) is 15.4. The number of nitrogens with zero attached hydrogens (tertiary/aromatic N) is 1. The molecule has 0 aliphatic heterocycles. The van der Waals surface area contributed by atoms with E-state index in [-0.39, 0.29) is 11.3 Å². The van der Waals surface area contributed by atoms with Gasteiger partial charge in [0.25, 0.3) is 0 Å². The molecular formula is C6H9N3. The predicted octanol–water partition coefficient (Wildman–Crippen LogP) is 0.782. The molecule has 0 aromatic rings. The molecule has 0 radical (unpaired) electrons. The van der Waals surface area contributed by atoms with Crippen molar-refractivity contribution in [3.8, 4) is 6.07 Å². The lowest BCUT2D eigenvalue weighted by molar-refractivity contribution is 1.27. The summed E-state index contributed by atoms with van der Waals surface area (Å²) in [6.45, 7) is 3.14. The molecule has 9 heavy (non-hydrogen) atoms.